The van der Waals surface area contributed by atoms with Gasteiger partial charge in [-0.25, -0.2) is 0 Å². The van der Waals surface area contributed by atoms with Crippen molar-refractivity contribution in [3.63, 3.8) is 0 Å². The van der Waals surface area contributed by atoms with Gasteiger partial charge in [0.15, 0.2) is 16.7 Å². The highest BCUT2D eigenvalue weighted by Crippen LogP contribution is 2.16. The van der Waals surface area contributed by atoms with Crippen LogP contribution in [0.5, 0.6) is 0 Å². The predicted octanol–water partition coefficient (Wildman–Crippen LogP) is 5.17. The van der Waals surface area contributed by atoms with E-state index in [2.05, 4.69) is 10.6 Å². The normalized spacial score (nSPS) is 10.7. The molecule has 2 aromatic rings. The number of thiocarbonyl (C=S) groups is 1. The minimum absolute atomic E-state index is 0.0258. The summed E-state index contributed by atoms with van der Waals surface area (Å²) in [5.74, 6) is 0.186. The maximum atomic E-state index is 12.0. The van der Waals surface area contributed by atoms with Gasteiger partial charge < -0.3 is 10.6 Å². The van der Waals surface area contributed by atoms with E-state index >= 15 is 0 Å². The van der Waals surface area contributed by atoms with Crippen LogP contribution in [0.15, 0.2) is 48.5 Å². The maximum absolute atomic E-state index is 12.0. The van der Waals surface area contributed by atoms with E-state index in [0.29, 0.717) is 16.2 Å². The fourth-order valence-corrected chi connectivity index (χ4v) is 2.63. The molecule has 0 radical (unpaired) electrons. The molecule has 0 aromatic heterocycles. The summed E-state index contributed by atoms with van der Waals surface area (Å²) in [5, 5.41) is 6.61. The number of benzene rings is 2. The van der Waals surface area contributed by atoms with Crippen molar-refractivity contribution in [2.75, 3.05) is 10.6 Å². The van der Waals surface area contributed by atoms with Crippen LogP contribution >= 0.6 is 12.2 Å². The Labute approximate surface area is 160 Å². The molecule has 0 amide bonds. The molecule has 5 heteroatoms. The summed E-state index contributed by atoms with van der Waals surface area (Å²) in [6, 6.07) is 14.5. The second kappa shape index (κ2) is 8.72. The minimum Gasteiger partial charge on any atom is -0.332 e. The van der Waals surface area contributed by atoms with Crippen LogP contribution in [0.2, 0.25) is 0 Å². The molecule has 0 aliphatic carbocycles. The number of hydrogen-bond acceptors (Lipinski definition) is 3. The summed E-state index contributed by atoms with van der Waals surface area (Å²) in [6.07, 6.45) is 0. The predicted molar refractivity (Wildman–Crippen MR) is 111 cm³/mol. The number of hydrogen-bond donors (Lipinski definition) is 2. The van der Waals surface area contributed by atoms with Gasteiger partial charge in [0.1, 0.15) is 0 Å². The van der Waals surface area contributed by atoms with Crippen LogP contribution < -0.4 is 10.6 Å². The van der Waals surface area contributed by atoms with Gasteiger partial charge in [-0.1, -0.05) is 27.7 Å². The summed E-state index contributed by atoms with van der Waals surface area (Å²) in [5.41, 5.74) is 2.98. The van der Waals surface area contributed by atoms with Crippen LogP contribution in [-0.4, -0.2) is 16.7 Å². The topological polar surface area (TPSA) is 58.2 Å². The summed E-state index contributed by atoms with van der Waals surface area (Å²) < 4.78 is 0. The monoisotopic (exact) mass is 368 g/mol. The fourth-order valence-electron chi connectivity index (χ4n) is 2.40. The van der Waals surface area contributed by atoms with Crippen molar-refractivity contribution in [3.8, 4) is 0 Å². The first-order valence-corrected chi connectivity index (χ1v) is 9.05. The molecule has 26 heavy (non-hydrogen) atoms. The first kappa shape index (κ1) is 19.8. The highest BCUT2D eigenvalue weighted by Gasteiger charge is 2.11. The lowest BCUT2D eigenvalue weighted by molar-refractivity contribution is 0.0932. The van der Waals surface area contributed by atoms with E-state index in [9.17, 15) is 9.59 Å². The van der Waals surface area contributed by atoms with Crippen molar-refractivity contribution < 1.29 is 9.59 Å². The quantitative estimate of drug-likeness (QED) is 0.544. The molecule has 2 N–H and O–H groups in total. The van der Waals surface area contributed by atoms with Crippen molar-refractivity contribution >= 4 is 40.3 Å². The Balaban J connectivity index is 1.96. The van der Waals surface area contributed by atoms with Crippen LogP contribution in [-0.2, 0) is 0 Å². The second-order valence-corrected chi connectivity index (χ2v) is 7.18. The molecule has 4 nitrogen and oxygen atoms in total. The molecule has 0 heterocycles. The molecular weight excluding hydrogens is 344 g/mol. The number of nitrogens with one attached hydrogen (secondary N) is 2. The zero-order valence-electron chi connectivity index (χ0n) is 15.5. The molecule has 0 saturated carbocycles. The number of anilines is 2. The molecule has 0 aliphatic rings. The lowest BCUT2D eigenvalue weighted by Crippen LogP contribution is -2.19. The number of ketones is 2. The zero-order valence-corrected chi connectivity index (χ0v) is 16.3. The first-order valence-electron chi connectivity index (χ1n) is 8.64. The van der Waals surface area contributed by atoms with E-state index < -0.39 is 0 Å². The standard InChI is InChI=1S/C21H24N2O2S/c1-13(2)19(24)15-5-9-17(10-6-15)22-21(26)23-18-11-7-16(8-12-18)20(25)14(3)4/h5-14H,1-4H3,(H2,22,23,26). The molecule has 0 spiro atoms. The van der Waals surface area contributed by atoms with Gasteiger partial charge in [-0.05, 0) is 60.7 Å². The molecule has 0 fully saturated rings. The third-order valence-electron chi connectivity index (χ3n) is 3.90. The lowest BCUT2D eigenvalue weighted by Gasteiger charge is -2.12. The number of carbonyl (C=O) groups excluding carboxylic acids is 2. The summed E-state index contributed by atoms with van der Waals surface area (Å²) in [4.78, 5) is 23.9. The lowest BCUT2D eigenvalue weighted by atomic mass is 10.0. The Kier molecular flexibility index (Phi) is 6.64. The molecule has 0 unspecified atom stereocenters. The highest BCUT2D eigenvalue weighted by atomic mass is 32.1. The van der Waals surface area contributed by atoms with Crippen LogP contribution in [0, 0.1) is 11.8 Å². The van der Waals surface area contributed by atoms with Crippen molar-refractivity contribution in [3.05, 3.63) is 59.7 Å². The summed E-state index contributed by atoms with van der Waals surface area (Å²) in [6.45, 7) is 7.53. The molecule has 0 bridgehead atoms. The molecule has 2 aromatic carbocycles. The van der Waals surface area contributed by atoms with Crippen molar-refractivity contribution in [1.29, 1.82) is 0 Å². The van der Waals surface area contributed by atoms with Gasteiger partial charge in [0.25, 0.3) is 0 Å². The van der Waals surface area contributed by atoms with E-state index in [1.807, 2.05) is 52.0 Å². The molecule has 2 rings (SSSR count). The molecule has 0 saturated heterocycles. The molecular formula is C21H24N2O2S. The largest absolute Gasteiger partial charge is 0.332 e. The van der Waals surface area contributed by atoms with Crippen LogP contribution in [0.3, 0.4) is 0 Å². The average Bonchev–Trinajstić information content (AvgIpc) is 2.61. The van der Waals surface area contributed by atoms with Crippen LogP contribution in [0.1, 0.15) is 48.4 Å². The van der Waals surface area contributed by atoms with E-state index in [0.717, 1.165) is 11.4 Å². The summed E-state index contributed by atoms with van der Waals surface area (Å²) >= 11 is 5.31. The Bertz CT molecular complexity index is 726. The van der Waals surface area contributed by atoms with E-state index in [4.69, 9.17) is 12.2 Å². The Morgan fingerprint density at radius 2 is 1.00 bits per heavy atom. The third-order valence-corrected chi connectivity index (χ3v) is 4.11. The van der Waals surface area contributed by atoms with E-state index in [1.165, 1.54) is 0 Å². The number of carbonyl (C=O) groups is 2. The molecule has 0 aliphatic heterocycles. The zero-order chi connectivity index (χ0) is 19.3. The smallest absolute Gasteiger partial charge is 0.175 e. The second-order valence-electron chi connectivity index (χ2n) is 6.77. The van der Waals surface area contributed by atoms with Gasteiger partial charge in [-0.2, -0.15) is 0 Å². The van der Waals surface area contributed by atoms with Crippen molar-refractivity contribution in [2.45, 2.75) is 27.7 Å². The highest BCUT2D eigenvalue weighted by molar-refractivity contribution is 7.80. The van der Waals surface area contributed by atoms with Crippen molar-refractivity contribution in [1.82, 2.24) is 0 Å². The average molecular weight is 369 g/mol. The fraction of sp³-hybridized carbons (Fsp3) is 0.286. The third kappa shape index (κ3) is 5.23. The summed E-state index contributed by atoms with van der Waals surface area (Å²) in [7, 11) is 0. The van der Waals surface area contributed by atoms with Gasteiger partial charge in [0.05, 0.1) is 0 Å². The van der Waals surface area contributed by atoms with Gasteiger partial charge in [-0.15, -0.1) is 0 Å². The minimum atomic E-state index is -0.0258. The van der Waals surface area contributed by atoms with Gasteiger partial charge in [0.2, 0.25) is 0 Å². The number of Topliss-reactive ketones (excluding diaryl/α,β-unsaturated/α-hetero) is 2. The van der Waals surface area contributed by atoms with Gasteiger partial charge >= 0.3 is 0 Å². The SMILES string of the molecule is CC(C)C(=O)c1ccc(NC(=S)Nc2ccc(C(=O)C(C)C)cc2)cc1. The number of rotatable bonds is 6. The first-order chi connectivity index (χ1) is 12.3. The van der Waals surface area contributed by atoms with Gasteiger partial charge in [-0.3, -0.25) is 9.59 Å². The molecule has 136 valence electrons. The van der Waals surface area contributed by atoms with Crippen LogP contribution in [0.4, 0.5) is 11.4 Å². The van der Waals surface area contributed by atoms with Gasteiger partial charge in [0, 0.05) is 34.3 Å². The Hall–Kier alpha value is -2.53. The van der Waals surface area contributed by atoms with Crippen LogP contribution in [0.25, 0.3) is 0 Å². The van der Waals surface area contributed by atoms with E-state index in [1.54, 1.807) is 24.3 Å². The maximum Gasteiger partial charge on any atom is 0.175 e. The molecule has 0 atom stereocenters. The Morgan fingerprint density at radius 3 is 1.27 bits per heavy atom. The Morgan fingerprint density at radius 1 is 0.692 bits per heavy atom. The van der Waals surface area contributed by atoms with E-state index in [-0.39, 0.29) is 23.4 Å². The van der Waals surface area contributed by atoms with Crippen molar-refractivity contribution in [2.24, 2.45) is 11.8 Å².